The number of benzene rings is 1. The number of H-pyrrole nitrogens is 1. The molecule has 2 nitrogen and oxygen atoms in total. The lowest BCUT2D eigenvalue weighted by molar-refractivity contribution is 0.112. The molecule has 1 aromatic carbocycles. The summed E-state index contributed by atoms with van der Waals surface area (Å²) >= 11 is 3.18. The van der Waals surface area contributed by atoms with E-state index in [1.807, 2.05) is 6.92 Å². The first-order valence-corrected chi connectivity index (χ1v) is 4.86. The summed E-state index contributed by atoms with van der Waals surface area (Å²) in [7, 11) is 0. The Morgan fingerprint density at radius 1 is 1.50 bits per heavy atom. The normalized spacial score (nSPS) is 10.8. The fraction of sp³-hybridized carbons (Fsp3) is 0.100. The van der Waals surface area contributed by atoms with Crippen LogP contribution in [0.5, 0.6) is 0 Å². The van der Waals surface area contributed by atoms with E-state index >= 15 is 0 Å². The molecule has 1 aromatic heterocycles. The fourth-order valence-corrected chi connectivity index (χ4v) is 2.04. The van der Waals surface area contributed by atoms with E-state index in [1.54, 1.807) is 6.07 Å². The molecule has 0 fully saturated rings. The molecule has 0 amide bonds. The van der Waals surface area contributed by atoms with Crippen molar-refractivity contribution in [2.45, 2.75) is 6.92 Å². The maximum atomic E-state index is 13.3. The van der Waals surface area contributed by atoms with Gasteiger partial charge in [0.1, 0.15) is 5.82 Å². The third-order valence-corrected chi connectivity index (χ3v) is 2.85. The second-order valence-corrected chi connectivity index (χ2v) is 3.88. The highest BCUT2D eigenvalue weighted by atomic mass is 79.9. The van der Waals surface area contributed by atoms with Gasteiger partial charge in [0, 0.05) is 5.39 Å². The predicted octanol–water partition coefficient (Wildman–Crippen LogP) is 3.19. The number of nitrogens with one attached hydrogen (secondary N) is 1. The van der Waals surface area contributed by atoms with E-state index in [0.29, 0.717) is 21.1 Å². The van der Waals surface area contributed by atoms with Crippen LogP contribution < -0.4 is 0 Å². The molecule has 0 spiro atoms. The minimum Gasteiger partial charge on any atom is -0.346 e. The van der Waals surface area contributed by atoms with Gasteiger partial charge >= 0.3 is 0 Å². The molecule has 0 aliphatic carbocycles. The molecule has 0 aliphatic rings. The van der Waals surface area contributed by atoms with Crippen molar-refractivity contribution in [3.63, 3.8) is 0 Å². The number of hydrogen-bond donors (Lipinski definition) is 1. The van der Waals surface area contributed by atoms with Crippen molar-refractivity contribution < 1.29 is 9.18 Å². The zero-order chi connectivity index (χ0) is 10.3. The molecule has 0 aliphatic heterocycles. The molecule has 0 saturated heterocycles. The van der Waals surface area contributed by atoms with Crippen molar-refractivity contribution in [1.82, 2.24) is 4.98 Å². The Morgan fingerprint density at radius 3 is 2.86 bits per heavy atom. The Bertz CT molecular complexity index is 518. The van der Waals surface area contributed by atoms with Crippen LogP contribution in [0.1, 0.15) is 15.9 Å². The number of aromatic amines is 1. The number of aldehydes is 1. The number of carbonyl (C=O) groups is 1. The SMILES string of the molecule is Cc1ccc(F)c2[nH]c(Br)c(C=O)c12. The van der Waals surface area contributed by atoms with Crippen LogP contribution in [0.15, 0.2) is 16.7 Å². The topological polar surface area (TPSA) is 32.9 Å². The Labute approximate surface area is 88.2 Å². The van der Waals surface area contributed by atoms with Gasteiger partial charge in [-0.3, -0.25) is 4.79 Å². The highest BCUT2D eigenvalue weighted by Crippen LogP contribution is 2.29. The van der Waals surface area contributed by atoms with E-state index in [0.717, 1.165) is 11.8 Å². The summed E-state index contributed by atoms with van der Waals surface area (Å²) in [6.07, 6.45) is 0.718. The van der Waals surface area contributed by atoms with Gasteiger partial charge in [-0.15, -0.1) is 0 Å². The van der Waals surface area contributed by atoms with Crippen LogP contribution in [0.2, 0.25) is 0 Å². The number of halogens is 2. The van der Waals surface area contributed by atoms with E-state index in [4.69, 9.17) is 0 Å². The smallest absolute Gasteiger partial charge is 0.153 e. The van der Waals surface area contributed by atoms with E-state index in [9.17, 15) is 9.18 Å². The molecule has 14 heavy (non-hydrogen) atoms. The minimum atomic E-state index is -0.348. The number of fused-ring (bicyclic) bond motifs is 1. The van der Waals surface area contributed by atoms with Crippen molar-refractivity contribution in [1.29, 1.82) is 0 Å². The van der Waals surface area contributed by atoms with Crippen molar-refractivity contribution in [2.24, 2.45) is 0 Å². The van der Waals surface area contributed by atoms with Crippen LogP contribution in [-0.2, 0) is 0 Å². The quantitative estimate of drug-likeness (QED) is 0.781. The lowest BCUT2D eigenvalue weighted by Crippen LogP contribution is -1.83. The van der Waals surface area contributed by atoms with Crippen molar-refractivity contribution >= 4 is 33.1 Å². The summed E-state index contributed by atoms with van der Waals surface area (Å²) in [5.41, 5.74) is 1.72. The molecule has 2 aromatic rings. The van der Waals surface area contributed by atoms with Gasteiger partial charge in [-0.2, -0.15) is 0 Å². The maximum Gasteiger partial charge on any atom is 0.153 e. The molecule has 72 valence electrons. The van der Waals surface area contributed by atoms with Gasteiger partial charge in [-0.1, -0.05) is 6.07 Å². The molecule has 1 heterocycles. The number of hydrogen-bond acceptors (Lipinski definition) is 1. The van der Waals surface area contributed by atoms with Gasteiger partial charge in [0.25, 0.3) is 0 Å². The molecule has 0 unspecified atom stereocenters. The number of aromatic nitrogens is 1. The number of aryl methyl sites for hydroxylation is 1. The highest BCUT2D eigenvalue weighted by Gasteiger charge is 2.13. The van der Waals surface area contributed by atoms with Gasteiger partial charge in [0.2, 0.25) is 0 Å². The highest BCUT2D eigenvalue weighted by molar-refractivity contribution is 9.10. The van der Waals surface area contributed by atoms with Crippen molar-refractivity contribution in [2.75, 3.05) is 0 Å². The van der Waals surface area contributed by atoms with Crippen LogP contribution in [-0.4, -0.2) is 11.3 Å². The van der Waals surface area contributed by atoms with Gasteiger partial charge in [0.05, 0.1) is 15.7 Å². The Morgan fingerprint density at radius 2 is 2.21 bits per heavy atom. The van der Waals surface area contributed by atoms with E-state index in [-0.39, 0.29) is 5.82 Å². The van der Waals surface area contributed by atoms with Crippen molar-refractivity contribution in [3.05, 3.63) is 33.7 Å². The monoisotopic (exact) mass is 255 g/mol. The average Bonchev–Trinajstić information content (AvgIpc) is 2.50. The molecule has 0 atom stereocenters. The maximum absolute atomic E-state index is 13.3. The summed E-state index contributed by atoms with van der Waals surface area (Å²) in [5.74, 6) is -0.348. The van der Waals surface area contributed by atoms with Crippen molar-refractivity contribution in [3.8, 4) is 0 Å². The molecular weight excluding hydrogens is 249 g/mol. The van der Waals surface area contributed by atoms with E-state index in [2.05, 4.69) is 20.9 Å². The second kappa shape index (κ2) is 3.20. The van der Waals surface area contributed by atoms with Gasteiger partial charge in [-0.05, 0) is 34.5 Å². The number of carbonyl (C=O) groups excluding carboxylic acids is 1. The largest absolute Gasteiger partial charge is 0.346 e. The molecule has 2 rings (SSSR count). The van der Waals surface area contributed by atoms with Gasteiger partial charge in [0.15, 0.2) is 6.29 Å². The molecule has 0 radical (unpaired) electrons. The first kappa shape index (κ1) is 9.40. The first-order valence-electron chi connectivity index (χ1n) is 4.06. The van der Waals surface area contributed by atoms with E-state index in [1.165, 1.54) is 6.07 Å². The zero-order valence-electron chi connectivity index (χ0n) is 7.40. The van der Waals surface area contributed by atoms with Gasteiger partial charge < -0.3 is 4.98 Å². The van der Waals surface area contributed by atoms with Crippen LogP contribution in [0.4, 0.5) is 4.39 Å². The lowest BCUT2D eigenvalue weighted by Gasteiger charge is -1.97. The molecule has 4 heteroatoms. The summed E-state index contributed by atoms with van der Waals surface area (Å²) in [4.78, 5) is 13.6. The summed E-state index contributed by atoms with van der Waals surface area (Å²) in [6, 6.07) is 3.04. The number of rotatable bonds is 1. The summed E-state index contributed by atoms with van der Waals surface area (Å²) < 4.78 is 13.9. The summed E-state index contributed by atoms with van der Waals surface area (Å²) in [6.45, 7) is 1.84. The second-order valence-electron chi connectivity index (χ2n) is 3.08. The lowest BCUT2D eigenvalue weighted by atomic mass is 10.1. The Kier molecular flexibility index (Phi) is 2.15. The fourth-order valence-electron chi connectivity index (χ4n) is 1.55. The molecule has 1 N–H and O–H groups in total. The Hall–Kier alpha value is -1.16. The van der Waals surface area contributed by atoms with Crippen LogP contribution in [0.3, 0.4) is 0 Å². The standard InChI is InChI=1S/C10H7BrFNO/c1-5-2-3-7(12)9-8(5)6(4-14)10(11)13-9/h2-4,13H,1H3. The molecule has 0 saturated carbocycles. The average molecular weight is 256 g/mol. The van der Waals surface area contributed by atoms with Crippen LogP contribution >= 0.6 is 15.9 Å². The molecule has 0 bridgehead atoms. The van der Waals surface area contributed by atoms with Crippen LogP contribution in [0, 0.1) is 12.7 Å². The minimum absolute atomic E-state index is 0.348. The Balaban J connectivity index is 3.00. The predicted molar refractivity (Wildman–Crippen MR) is 56.1 cm³/mol. The molecular formula is C10H7BrFNO. The zero-order valence-corrected chi connectivity index (χ0v) is 8.98. The third-order valence-electron chi connectivity index (χ3n) is 2.22. The van der Waals surface area contributed by atoms with Gasteiger partial charge in [-0.25, -0.2) is 4.39 Å². The third kappa shape index (κ3) is 1.18. The summed E-state index contributed by atoms with van der Waals surface area (Å²) in [5, 5.41) is 0.645. The first-order chi connectivity index (χ1) is 6.65. The van der Waals surface area contributed by atoms with E-state index < -0.39 is 0 Å². The van der Waals surface area contributed by atoms with Crippen LogP contribution in [0.25, 0.3) is 10.9 Å².